The van der Waals surface area contributed by atoms with Crippen LogP contribution in [0.4, 0.5) is 5.69 Å². The minimum atomic E-state index is -0.186. The first-order chi connectivity index (χ1) is 18.5. The van der Waals surface area contributed by atoms with E-state index in [0.717, 1.165) is 22.4 Å². The van der Waals surface area contributed by atoms with Crippen molar-refractivity contribution in [1.82, 2.24) is 14.8 Å². The second kappa shape index (κ2) is 11.5. The molecule has 0 aliphatic heterocycles. The number of carbonyl (C=O) groups is 1. The zero-order valence-electron chi connectivity index (χ0n) is 20.9. The van der Waals surface area contributed by atoms with Crippen molar-refractivity contribution >= 4 is 35.0 Å². The van der Waals surface area contributed by atoms with Gasteiger partial charge in [-0.25, -0.2) is 0 Å². The summed E-state index contributed by atoms with van der Waals surface area (Å²) in [5, 5.41) is 13.1. The number of aryl methyl sites for hydroxylation is 2. The highest BCUT2D eigenvalue weighted by Gasteiger charge is 2.20. The van der Waals surface area contributed by atoms with Crippen LogP contribution < -0.4 is 10.1 Å². The lowest BCUT2D eigenvalue weighted by Gasteiger charge is -2.15. The van der Waals surface area contributed by atoms with Crippen LogP contribution in [0.15, 0.2) is 102 Å². The topological polar surface area (TPSA) is 69.0 Å². The van der Waals surface area contributed by atoms with Gasteiger partial charge in [0.05, 0.1) is 22.2 Å². The van der Waals surface area contributed by atoms with Gasteiger partial charge < -0.3 is 10.1 Å². The van der Waals surface area contributed by atoms with E-state index in [1.54, 1.807) is 0 Å². The van der Waals surface area contributed by atoms with Crippen molar-refractivity contribution in [1.29, 1.82) is 0 Å². The third kappa shape index (κ3) is 5.74. The number of ether oxygens (including phenoxy) is 1. The Morgan fingerprint density at radius 3 is 2.47 bits per heavy atom. The van der Waals surface area contributed by atoms with Crippen LogP contribution in [0.5, 0.6) is 11.5 Å². The Morgan fingerprint density at radius 1 is 0.921 bits per heavy atom. The minimum absolute atomic E-state index is 0.130. The number of rotatable bonds is 8. The van der Waals surface area contributed by atoms with Crippen molar-refractivity contribution in [2.75, 3.05) is 11.1 Å². The second-order valence-corrected chi connectivity index (χ2v) is 10.0. The number of benzene rings is 4. The van der Waals surface area contributed by atoms with Crippen molar-refractivity contribution in [2.24, 2.45) is 0 Å². The third-order valence-corrected chi connectivity index (χ3v) is 7.08. The highest BCUT2D eigenvalue weighted by atomic mass is 35.5. The maximum atomic E-state index is 13.0. The van der Waals surface area contributed by atoms with Gasteiger partial charge in [-0.3, -0.25) is 9.36 Å². The SMILES string of the molecule is Cc1ccc(C)c(-n2c(SCC(=O)Nc3ccccc3Oc3ccccc3)nnc2-c2ccccc2Cl)c1. The number of halogens is 1. The molecule has 0 aliphatic carbocycles. The van der Waals surface area contributed by atoms with Gasteiger partial charge in [0.15, 0.2) is 16.7 Å². The van der Waals surface area contributed by atoms with E-state index in [2.05, 4.69) is 33.7 Å². The monoisotopic (exact) mass is 540 g/mol. The summed E-state index contributed by atoms with van der Waals surface area (Å²) in [6.45, 7) is 4.08. The fourth-order valence-electron chi connectivity index (χ4n) is 3.95. The zero-order valence-corrected chi connectivity index (χ0v) is 22.5. The zero-order chi connectivity index (χ0) is 26.5. The average Bonchev–Trinajstić information content (AvgIpc) is 3.34. The molecule has 0 aliphatic rings. The molecule has 6 nitrogen and oxygen atoms in total. The Morgan fingerprint density at radius 2 is 1.66 bits per heavy atom. The smallest absolute Gasteiger partial charge is 0.234 e. The fourth-order valence-corrected chi connectivity index (χ4v) is 4.91. The highest BCUT2D eigenvalue weighted by Crippen LogP contribution is 2.34. The van der Waals surface area contributed by atoms with Gasteiger partial charge in [-0.05, 0) is 67.4 Å². The van der Waals surface area contributed by atoms with Crippen LogP contribution in [0, 0.1) is 13.8 Å². The quantitative estimate of drug-likeness (QED) is 0.204. The van der Waals surface area contributed by atoms with Gasteiger partial charge in [-0.15, -0.1) is 10.2 Å². The molecule has 1 heterocycles. The summed E-state index contributed by atoms with van der Waals surface area (Å²) in [4.78, 5) is 13.0. The van der Waals surface area contributed by atoms with E-state index in [1.807, 2.05) is 97.3 Å². The number of hydrogen-bond donors (Lipinski definition) is 1. The number of hydrogen-bond acceptors (Lipinski definition) is 5. The Balaban J connectivity index is 1.40. The summed E-state index contributed by atoms with van der Waals surface area (Å²) < 4.78 is 7.94. The van der Waals surface area contributed by atoms with Gasteiger partial charge in [0.2, 0.25) is 5.91 Å². The van der Waals surface area contributed by atoms with Crippen molar-refractivity contribution in [3.05, 3.63) is 113 Å². The number of thioether (sulfide) groups is 1. The van der Waals surface area contributed by atoms with Gasteiger partial charge in [-0.2, -0.15) is 0 Å². The molecule has 0 radical (unpaired) electrons. The number of anilines is 1. The van der Waals surface area contributed by atoms with E-state index in [9.17, 15) is 4.79 Å². The molecule has 1 aromatic heterocycles. The number of nitrogens with zero attached hydrogens (tertiary/aromatic N) is 3. The van der Waals surface area contributed by atoms with Crippen LogP contribution >= 0.6 is 23.4 Å². The van der Waals surface area contributed by atoms with Crippen LogP contribution in [-0.4, -0.2) is 26.4 Å². The predicted octanol–water partition coefficient (Wildman–Crippen LogP) is 7.73. The lowest BCUT2D eigenvalue weighted by Crippen LogP contribution is -2.15. The molecule has 5 rings (SSSR count). The van der Waals surface area contributed by atoms with E-state index >= 15 is 0 Å². The standard InChI is InChI=1S/C30H25ClN4O2S/c1-20-16-17-21(2)26(18-20)35-29(23-12-6-7-13-24(23)31)33-34-30(35)38-19-28(36)32-25-14-8-9-15-27(25)37-22-10-4-3-5-11-22/h3-18H,19H2,1-2H3,(H,32,36). The fraction of sp³-hybridized carbons (Fsp3) is 0.100. The number of amides is 1. The summed E-state index contributed by atoms with van der Waals surface area (Å²) in [7, 11) is 0. The molecule has 0 saturated heterocycles. The van der Waals surface area contributed by atoms with E-state index in [4.69, 9.17) is 16.3 Å². The van der Waals surface area contributed by atoms with Gasteiger partial charge in [0.1, 0.15) is 5.75 Å². The first-order valence-electron chi connectivity index (χ1n) is 12.0. The van der Waals surface area contributed by atoms with Crippen LogP contribution in [0.1, 0.15) is 11.1 Å². The first-order valence-corrected chi connectivity index (χ1v) is 13.4. The molecule has 0 atom stereocenters. The molecule has 190 valence electrons. The summed E-state index contributed by atoms with van der Waals surface area (Å²) in [5.74, 6) is 1.82. The number of aromatic nitrogens is 3. The predicted molar refractivity (Wildman–Crippen MR) is 154 cm³/mol. The summed E-state index contributed by atoms with van der Waals surface area (Å²) in [5.41, 5.74) is 4.46. The van der Waals surface area contributed by atoms with Crippen molar-refractivity contribution in [2.45, 2.75) is 19.0 Å². The maximum Gasteiger partial charge on any atom is 0.234 e. The average molecular weight is 541 g/mol. The molecule has 0 spiro atoms. The molecule has 4 aromatic carbocycles. The van der Waals surface area contributed by atoms with Gasteiger partial charge >= 0.3 is 0 Å². The van der Waals surface area contributed by atoms with Crippen LogP contribution in [0.25, 0.3) is 17.1 Å². The lowest BCUT2D eigenvalue weighted by atomic mass is 10.1. The van der Waals surface area contributed by atoms with Gasteiger partial charge in [-0.1, -0.05) is 78.0 Å². The van der Waals surface area contributed by atoms with E-state index in [-0.39, 0.29) is 11.7 Å². The molecule has 0 unspecified atom stereocenters. The first kappa shape index (κ1) is 25.6. The summed E-state index contributed by atoms with van der Waals surface area (Å²) >= 11 is 7.83. The molecule has 1 amide bonds. The Labute approximate surface area is 230 Å². The molecule has 38 heavy (non-hydrogen) atoms. The van der Waals surface area contributed by atoms with Crippen molar-refractivity contribution in [3.8, 4) is 28.6 Å². The normalized spacial score (nSPS) is 10.8. The van der Waals surface area contributed by atoms with Crippen molar-refractivity contribution in [3.63, 3.8) is 0 Å². The molecular weight excluding hydrogens is 516 g/mol. The molecular formula is C30H25ClN4O2S. The Bertz CT molecular complexity index is 1590. The van der Waals surface area contributed by atoms with E-state index in [1.165, 1.54) is 11.8 Å². The summed E-state index contributed by atoms with van der Waals surface area (Å²) in [6, 6.07) is 30.6. The third-order valence-electron chi connectivity index (χ3n) is 5.82. The van der Waals surface area contributed by atoms with Crippen LogP contribution in [0.3, 0.4) is 0 Å². The largest absolute Gasteiger partial charge is 0.455 e. The van der Waals surface area contributed by atoms with E-state index < -0.39 is 0 Å². The molecule has 0 saturated carbocycles. The maximum absolute atomic E-state index is 13.0. The molecule has 5 aromatic rings. The highest BCUT2D eigenvalue weighted by molar-refractivity contribution is 7.99. The second-order valence-electron chi connectivity index (χ2n) is 8.66. The van der Waals surface area contributed by atoms with Crippen LogP contribution in [0.2, 0.25) is 5.02 Å². The Hall–Kier alpha value is -4.07. The number of nitrogens with one attached hydrogen (secondary N) is 1. The van der Waals surface area contributed by atoms with Crippen molar-refractivity contribution < 1.29 is 9.53 Å². The summed E-state index contributed by atoms with van der Waals surface area (Å²) in [6.07, 6.45) is 0. The molecule has 1 N–H and O–H groups in total. The van der Waals surface area contributed by atoms with Crippen LogP contribution in [-0.2, 0) is 4.79 Å². The minimum Gasteiger partial charge on any atom is -0.455 e. The molecule has 0 fully saturated rings. The molecule has 0 bridgehead atoms. The van der Waals surface area contributed by atoms with E-state index in [0.29, 0.717) is 33.2 Å². The number of para-hydroxylation sites is 3. The van der Waals surface area contributed by atoms with Gasteiger partial charge in [0.25, 0.3) is 0 Å². The van der Waals surface area contributed by atoms with Gasteiger partial charge in [0, 0.05) is 5.56 Å². The Kier molecular flexibility index (Phi) is 7.77. The lowest BCUT2D eigenvalue weighted by molar-refractivity contribution is -0.113. The molecule has 8 heteroatoms. The number of carbonyl (C=O) groups excluding carboxylic acids is 1.